The number of hydrogen-bond acceptors (Lipinski definition) is 3. The topological polar surface area (TPSA) is 88.0 Å². The smallest absolute Gasteiger partial charge is 0.268 e. The quantitative estimate of drug-likeness (QED) is 0.585. The molecular weight excluding hydrogens is 278 g/mol. The van der Waals surface area contributed by atoms with Gasteiger partial charge in [0.25, 0.3) is 5.91 Å². The number of amides is 1. The molecule has 2 rings (SSSR count). The van der Waals surface area contributed by atoms with Crippen LogP contribution in [0.25, 0.3) is 0 Å². The molecule has 1 aromatic heterocycles. The maximum absolute atomic E-state index is 12.2. The van der Waals surface area contributed by atoms with Crippen LogP contribution in [0.15, 0.2) is 24.3 Å². The number of carbonyl (C=O) groups is 2. The lowest BCUT2D eigenvalue weighted by Gasteiger charge is -2.05. The van der Waals surface area contributed by atoms with Gasteiger partial charge >= 0.3 is 0 Å². The van der Waals surface area contributed by atoms with E-state index in [9.17, 15) is 9.59 Å². The van der Waals surface area contributed by atoms with Crippen molar-refractivity contribution in [3.63, 3.8) is 0 Å². The zero-order valence-corrected chi connectivity index (χ0v) is 13.1. The second kappa shape index (κ2) is 6.47. The van der Waals surface area contributed by atoms with Crippen LogP contribution in [0.4, 0.5) is 5.69 Å². The third-order valence-corrected chi connectivity index (χ3v) is 3.70. The lowest BCUT2D eigenvalue weighted by molar-refractivity contribution is 0.0949. The Kier molecular flexibility index (Phi) is 4.65. The van der Waals surface area contributed by atoms with Gasteiger partial charge in [-0.15, -0.1) is 0 Å². The Labute approximate surface area is 129 Å². The number of aromatic nitrogens is 1. The van der Waals surface area contributed by atoms with Gasteiger partial charge in [-0.3, -0.25) is 9.59 Å². The van der Waals surface area contributed by atoms with E-state index in [-0.39, 0.29) is 11.7 Å². The molecule has 0 saturated carbocycles. The van der Waals surface area contributed by atoms with Gasteiger partial charge in [0.15, 0.2) is 5.78 Å². The fourth-order valence-electron chi connectivity index (χ4n) is 2.60. The van der Waals surface area contributed by atoms with E-state index in [0.717, 1.165) is 23.4 Å². The normalized spacial score (nSPS) is 10.5. The second-order valence-electron chi connectivity index (χ2n) is 5.43. The van der Waals surface area contributed by atoms with E-state index in [0.29, 0.717) is 23.4 Å². The molecule has 5 heteroatoms. The molecule has 1 heterocycles. The molecule has 0 aliphatic heterocycles. The van der Waals surface area contributed by atoms with Crippen molar-refractivity contribution in [1.82, 2.24) is 10.3 Å². The molecule has 0 unspecified atom stereocenters. The Morgan fingerprint density at radius 1 is 1.18 bits per heavy atom. The summed E-state index contributed by atoms with van der Waals surface area (Å²) in [5.74, 6) is -0.226. The number of Topliss-reactive ketones (excluding diaryl/α,β-unsaturated/α-hetero) is 1. The summed E-state index contributed by atoms with van der Waals surface area (Å²) in [5, 5.41) is 2.87. The van der Waals surface area contributed by atoms with Gasteiger partial charge in [-0.2, -0.15) is 0 Å². The Morgan fingerprint density at radius 2 is 1.82 bits per heavy atom. The van der Waals surface area contributed by atoms with E-state index in [4.69, 9.17) is 5.73 Å². The largest absolute Gasteiger partial charge is 0.399 e. The Hall–Kier alpha value is -2.56. The number of nitrogens with one attached hydrogen (secondary N) is 2. The standard InChI is InChI=1S/C17H21N3O2/c1-10-15(12(3)21)11(2)20-16(10)17(22)19-9-8-13-4-6-14(18)7-5-13/h4-7,20H,8-9,18H2,1-3H3,(H,19,22). The molecule has 0 aliphatic rings. The molecule has 1 amide bonds. The first kappa shape index (κ1) is 15.8. The van der Waals surface area contributed by atoms with Crippen molar-refractivity contribution in [2.24, 2.45) is 0 Å². The average molecular weight is 299 g/mol. The highest BCUT2D eigenvalue weighted by molar-refractivity contribution is 6.02. The van der Waals surface area contributed by atoms with Gasteiger partial charge in [0.05, 0.1) is 0 Å². The number of carbonyl (C=O) groups excluding carboxylic acids is 2. The molecular formula is C17H21N3O2. The van der Waals surface area contributed by atoms with Crippen molar-refractivity contribution in [3.8, 4) is 0 Å². The van der Waals surface area contributed by atoms with Crippen molar-refractivity contribution in [3.05, 3.63) is 52.3 Å². The molecule has 0 spiro atoms. The average Bonchev–Trinajstić information content (AvgIpc) is 2.76. The highest BCUT2D eigenvalue weighted by Crippen LogP contribution is 2.18. The van der Waals surface area contributed by atoms with E-state index >= 15 is 0 Å². The van der Waals surface area contributed by atoms with Crippen LogP contribution >= 0.6 is 0 Å². The zero-order chi connectivity index (χ0) is 16.3. The van der Waals surface area contributed by atoms with Gasteiger partial charge in [0.2, 0.25) is 0 Å². The first-order chi connectivity index (χ1) is 10.4. The molecule has 0 aliphatic carbocycles. The summed E-state index contributed by atoms with van der Waals surface area (Å²) >= 11 is 0. The Balaban J connectivity index is 1.99. The molecule has 5 nitrogen and oxygen atoms in total. The Bertz CT molecular complexity index is 699. The first-order valence-electron chi connectivity index (χ1n) is 7.23. The molecule has 0 saturated heterocycles. The predicted octanol–water partition coefficient (Wildman–Crippen LogP) is 2.39. The molecule has 4 N–H and O–H groups in total. The third kappa shape index (κ3) is 3.36. The van der Waals surface area contributed by atoms with Crippen molar-refractivity contribution in [1.29, 1.82) is 0 Å². The maximum Gasteiger partial charge on any atom is 0.268 e. The SMILES string of the molecule is CC(=O)c1c(C)[nH]c(C(=O)NCCc2ccc(N)cc2)c1C. The van der Waals surface area contributed by atoms with Crippen LogP contribution in [0.5, 0.6) is 0 Å². The third-order valence-electron chi connectivity index (χ3n) is 3.70. The van der Waals surface area contributed by atoms with Gasteiger partial charge < -0.3 is 16.0 Å². The van der Waals surface area contributed by atoms with Gasteiger partial charge in [-0.25, -0.2) is 0 Å². The fourth-order valence-corrected chi connectivity index (χ4v) is 2.60. The van der Waals surface area contributed by atoms with Crippen molar-refractivity contribution in [2.45, 2.75) is 27.2 Å². The van der Waals surface area contributed by atoms with Gasteiger partial charge in [0, 0.05) is 23.5 Å². The van der Waals surface area contributed by atoms with Crippen molar-refractivity contribution in [2.75, 3.05) is 12.3 Å². The number of hydrogen-bond donors (Lipinski definition) is 3. The molecule has 116 valence electrons. The first-order valence-corrected chi connectivity index (χ1v) is 7.23. The molecule has 2 aromatic rings. The molecule has 1 aromatic carbocycles. The maximum atomic E-state index is 12.2. The fraction of sp³-hybridized carbons (Fsp3) is 0.294. The van der Waals surface area contributed by atoms with Crippen molar-refractivity contribution >= 4 is 17.4 Å². The highest BCUT2D eigenvalue weighted by Gasteiger charge is 2.19. The molecule has 0 bridgehead atoms. The van der Waals surface area contributed by atoms with Crippen LogP contribution in [0, 0.1) is 13.8 Å². The number of aryl methyl sites for hydroxylation is 1. The number of H-pyrrole nitrogens is 1. The van der Waals surface area contributed by atoms with Gasteiger partial charge in [-0.1, -0.05) is 12.1 Å². The van der Waals surface area contributed by atoms with Gasteiger partial charge in [-0.05, 0) is 50.5 Å². The van der Waals surface area contributed by atoms with Crippen LogP contribution in [0.3, 0.4) is 0 Å². The minimum absolute atomic E-state index is 0.0350. The summed E-state index contributed by atoms with van der Waals surface area (Å²) in [4.78, 5) is 26.8. The highest BCUT2D eigenvalue weighted by atomic mass is 16.2. The number of nitrogen functional groups attached to an aromatic ring is 1. The number of rotatable bonds is 5. The van der Waals surface area contributed by atoms with Crippen LogP contribution in [0.2, 0.25) is 0 Å². The van der Waals surface area contributed by atoms with Crippen LogP contribution < -0.4 is 11.1 Å². The molecule has 0 radical (unpaired) electrons. The Morgan fingerprint density at radius 3 is 2.36 bits per heavy atom. The van der Waals surface area contributed by atoms with E-state index in [1.54, 1.807) is 13.8 Å². The van der Waals surface area contributed by atoms with Crippen molar-refractivity contribution < 1.29 is 9.59 Å². The predicted molar refractivity (Wildman–Crippen MR) is 87.2 cm³/mol. The van der Waals surface area contributed by atoms with E-state index in [1.165, 1.54) is 6.92 Å². The molecule has 0 atom stereocenters. The summed E-state index contributed by atoms with van der Waals surface area (Å²) in [7, 11) is 0. The van der Waals surface area contributed by atoms with E-state index < -0.39 is 0 Å². The summed E-state index contributed by atoms with van der Waals surface area (Å²) in [6.45, 7) is 5.62. The van der Waals surface area contributed by atoms with Gasteiger partial charge in [0.1, 0.15) is 5.69 Å². The summed E-state index contributed by atoms with van der Waals surface area (Å²) in [6, 6.07) is 7.57. The number of nitrogens with two attached hydrogens (primary N) is 1. The van der Waals surface area contributed by atoms with Crippen LogP contribution in [-0.2, 0) is 6.42 Å². The molecule has 0 fully saturated rings. The monoisotopic (exact) mass is 299 g/mol. The lowest BCUT2D eigenvalue weighted by Crippen LogP contribution is -2.26. The lowest BCUT2D eigenvalue weighted by atomic mass is 10.1. The summed E-state index contributed by atoms with van der Waals surface area (Å²) in [5.41, 5.74) is 9.96. The van der Waals surface area contributed by atoms with E-state index in [1.807, 2.05) is 24.3 Å². The number of anilines is 1. The van der Waals surface area contributed by atoms with Crippen LogP contribution in [-0.4, -0.2) is 23.2 Å². The minimum atomic E-state index is -0.191. The zero-order valence-electron chi connectivity index (χ0n) is 13.1. The minimum Gasteiger partial charge on any atom is -0.399 e. The number of ketones is 1. The summed E-state index contributed by atoms with van der Waals surface area (Å²) < 4.78 is 0. The summed E-state index contributed by atoms with van der Waals surface area (Å²) in [6.07, 6.45) is 0.727. The second-order valence-corrected chi connectivity index (χ2v) is 5.43. The number of benzene rings is 1. The number of aromatic amines is 1. The van der Waals surface area contributed by atoms with E-state index in [2.05, 4.69) is 10.3 Å². The van der Waals surface area contributed by atoms with Crippen LogP contribution in [0.1, 0.15) is 44.6 Å². The molecule has 22 heavy (non-hydrogen) atoms.